The van der Waals surface area contributed by atoms with Gasteiger partial charge in [0.05, 0.1) is 11.1 Å². The molecule has 0 aliphatic rings. The minimum Gasteiger partial charge on any atom is -0.398 e. The van der Waals surface area contributed by atoms with Gasteiger partial charge in [-0.15, -0.1) is 0 Å². The lowest BCUT2D eigenvalue weighted by Gasteiger charge is -2.09. The Morgan fingerprint density at radius 3 is 2.53 bits per heavy atom. The van der Waals surface area contributed by atoms with E-state index in [0.717, 1.165) is 12.1 Å². The number of nitrogens with two attached hydrogens (primary N) is 1. The van der Waals surface area contributed by atoms with Gasteiger partial charge in [0, 0.05) is 24.3 Å². The van der Waals surface area contributed by atoms with Crippen molar-refractivity contribution in [1.29, 1.82) is 0 Å². The fraction of sp³-hybridized carbons (Fsp3) is 0.200. The Morgan fingerprint density at radius 2 is 1.93 bits per heavy atom. The molecule has 0 bridgehead atoms. The van der Waals surface area contributed by atoms with Crippen LogP contribution in [0.2, 0.25) is 0 Å². The van der Waals surface area contributed by atoms with Crippen molar-refractivity contribution in [2.75, 3.05) is 5.73 Å². The fourth-order valence-electron chi connectivity index (χ4n) is 1.56. The number of aryl methyl sites for hydroxylation is 1. The van der Waals surface area contributed by atoms with E-state index >= 15 is 0 Å². The van der Waals surface area contributed by atoms with Gasteiger partial charge in [-0.2, -0.15) is 13.2 Å². The fourth-order valence-corrected chi connectivity index (χ4v) is 1.56. The zero-order valence-corrected chi connectivity index (χ0v) is 7.97. The van der Waals surface area contributed by atoms with E-state index in [1.165, 1.54) is 0 Å². The first-order valence-corrected chi connectivity index (χ1v) is 4.31. The summed E-state index contributed by atoms with van der Waals surface area (Å²) in [6.07, 6.45) is -2.67. The minimum absolute atomic E-state index is 0.153. The predicted octanol–water partition coefficient (Wildman–Crippen LogP) is 2.78. The second kappa shape index (κ2) is 2.92. The lowest BCUT2D eigenvalue weighted by molar-refractivity contribution is -0.137. The summed E-state index contributed by atoms with van der Waals surface area (Å²) < 4.78 is 39.0. The molecule has 1 aromatic carbocycles. The summed E-state index contributed by atoms with van der Waals surface area (Å²) in [6.45, 7) is 0. The SMILES string of the molecule is Cn1ccc2c(N)cc(C(F)(F)F)cc21. The van der Waals surface area contributed by atoms with Crippen LogP contribution in [0.3, 0.4) is 0 Å². The van der Waals surface area contributed by atoms with Gasteiger partial charge in [-0.3, -0.25) is 0 Å². The first-order valence-electron chi connectivity index (χ1n) is 4.31. The Bertz CT molecular complexity index is 511. The number of halogens is 3. The Hall–Kier alpha value is -1.65. The van der Waals surface area contributed by atoms with E-state index in [2.05, 4.69) is 0 Å². The van der Waals surface area contributed by atoms with Crippen LogP contribution >= 0.6 is 0 Å². The summed E-state index contributed by atoms with van der Waals surface area (Å²) in [6, 6.07) is 3.76. The van der Waals surface area contributed by atoms with Crippen molar-refractivity contribution in [3.63, 3.8) is 0 Å². The van der Waals surface area contributed by atoms with E-state index in [4.69, 9.17) is 5.73 Å². The molecule has 2 nitrogen and oxygen atoms in total. The molecule has 2 N–H and O–H groups in total. The number of nitrogens with zero attached hydrogens (tertiary/aromatic N) is 1. The molecule has 2 rings (SSSR count). The van der Waals surface area contributed by atoms with E-state index in [0.29, 0.717) is 10.9 Å². The number of aromatic nitrogens is 1. The molecular weight excluding hydrogens is 205 g/mol. The highest BCUT2D eigenvalue weighted by Gasteiger charge is 2.31. The molecular formula is C10H9F3N2. The van der Waals surface area contributed by atoms with Crippen molar-refractivity contribution >= 4 is 16.6 Å². The van der Waals surface area contributed by atoms with Gasteiger partial charge in [0.25, 0.3) is 0 Å². The summed E-state index contributed by atoms with van der Waals surface area (Å²) in [4.78, 5) is 0. The largest absolute Gasteiger partial charge is 0.416 e. The second-order valence-corrected chi connectivity index (χ2v) is 3.42. The summed E-state index contributed by atoms with van der Waals surface area (Å²) >= 11 is 0. The van der Waals surface area contributed by atoms with Crippen molar-refractivity contribution in [2.24, 2.45) is 7.05 Å². The van der Waals surface area contributed by atoms with Gasteiger partial charge in [-0.1, -0.05) is 0 Å². The lowest BCUT2D eigenvalue weighted by Crippen LogP contribution is -2.06. The molecule has 0 unspecified atom stereocenters. The number of rotatable bonds is 0. The highest BCUT2D eigenvalue weighted by Crippen LogP contribution is 2.34. The molecule has 5 heteroatoms. The van der Waals surface area contributed by atoms with Gasteiger partial charge in [0.15, 0.2) is 0 Å². The van der Waals surface area contributed by atoms with Crippen LogP contribution in [0, 0.1) is 0 Å². The zero-order chi connectivity index (χ0) is 11.2. The van der Waals surface area contributed by atoms with Crippen molar-refractivity contribution < 1.29 is 13.2 Å². The van der Waals surface area contributed by atoms with E-state index in [9.17, 15) is 13.2 Å². The highest BCUT2D eigenvalue weighted by atomic mass is 19.4. The summed E-state index contributed by atoms with van der Waals surface area (Å²) in [7, 11) is 1.68. The average molecular weight is 214 g/mol. The van der Waals surface area contributed by atoms with Crippen LogP contribution in [0.15, 0.2) is 24.4 Å². The number of anilines is 1. The molecule has 2 aromatic rings. The highest BCUT2D eigenvalue weighted by molar-refractivity contribution is 5.92. The van der Waals surface area contributed by atoms with Gasteiger partial charge in [-0.05, 0) is 18.2 Å². The van der Waals surface area contributed by atoms with Gasteiger partial charge in [0.1, 0.15) is 0 Å². The number of nitrogen functional groups attached to an aromatic ring is 1. The molecule has 0 spiro atoms. The van der Waals surface area contributed by atoms with E-state index in [1.54, 1.807) is 23.9 Å². The van der Waals surface area contributed by atoms with E-state index < -0.39 is 11.7 Å². The molecule has 0 aliphatic carbocycles. The molecule has 0 aliphatic heterocycles. The summed E-state index contributed by atoms with van der Waals surface area (Å²) in [5.41, 5.74) is 5.48. The number of alkyl halides is 3. The molecule has 0 saturated carbocycles. The van der Waals surface area contributed by atoms with E-state index in [-0.39, 0.29) is 5.69 Å². The van der Waals surface area contributed by atoms with Crippen LogP contribution in [0.4, 0.5) is 18.9 Å². The second-order valence-electron chi connectivity index (χ2n) is 3.42. The Labute approximate surface area is 84.1 Å². The number of benzene rings is 1. The quantitative estimate of drug-likeness (QED) is 0.671. The molecule has 0 saturated heterocycles. The lowest BCUT2D eigenvalue weighted by atomic mass is 10.1. The normalized spacial score (nSPS) is 12.3. The maximum atomic E-state index is 12.5. The van der Waals surface area contributed by atoms with Gasteiger partial charge in [0.2, 0.25) is 0 Å². The minimum atomic E-state index is -4.35. The maximum Gasteiger partial charge on any atom is 0.416 e. The Morgan fingerprint density at radius 1 is 1.27 bits per heavy atom. The topological polar surface area (TPSA) is 30.9 Å². The Kier molecular flexibility index (Phi) is 1.92. The van der Waals surface area contributed by atoms with Gasteiger partial charge in [-0.25, -0.2) is 0 Å². The maximum absolute atomic E-state index is 12.5. The smallest absolute Gasteiger partial charge is 0.398 e. The molecule has 0 amide bonds. The molecule has 80 valence electrons. The van der Waals surface area contributed by atoms with Gasteiger partial charge >= 0.3 is 6.18 Å². The van der Waals surface area contributed by atoms with Crippen molar-refractivity contribution in [3.05, 3.63) is 30.0 Å². The zero-order valence-electron chi connectivity index (χ0n) is 7.97. The van der Waals surface area contributed by atoms with Crippen molar-refractivity contribution in [2.45, 2.75) is 6.18 Å². The van der Waals surface area contributed by atoms with Crippen LogP contribution in [-0.4, -0.2) is 4.57 Å². The third-order valence-electron chi connectivity index (χ3n) is 2.36. The predicted molar refractivity (Wildman–Crippen MR) is 52.3 cm³/mol. The average Bonchev–Trinajstić information content (AvgIpc) is 2.47. The van der Waals surface area contributed by atoms with Crippen LogP contribution in [0.5, 0.6) is 0 Å². The van der Waals surface area contributed by atoms with Gasteiger partial charge < -0.3 is 10.3 Å². The number of hydrogen-bond acceptors (Lipinski definition) is 1. The molecule has 1 heterocycles. The van der Waals surface area contributed by atoms with Crippen molar-refractivity contribution in [3.8, 4) is 0 Å². The van der Waals surface area contributed by atoms with Crippen LogP contribution in [-0.2, 0) is 13.2 Å². The van der Waals surface area contributed by atoms with Crippen molar-refractivity contribution in [1.82, 2.24) is 4.57 Å². The number of hydrogen-bond donors (Lipinski definition) is 1. The van der Waals surface area contributed by atoms with Crippen LogP contribution in [0.25, 0.3) is 10.9 Å². The third-order valence-corrected chi connectivity index (χ3v) is 2.36. The van der Waals surface area contributed by atoms with E-state index in [1.807, 2.05) is 0 Å². The molecule has 0 atom stereocenters. The third kappa shape index (κ3) is 1.54. The van der Waals surface area contributed by atoms with Crippen LogP contribution < -0.4 is 5.73 Å². The molecule has 0 fully saturated rings. The molecule has 0 radical (unpaired) electrons. The Balaban J connectivity index is 2.76. The first-order chi connectivity index (χ1) is 6.89. The summed E-state index contributed by atoms with van der Waals surface area (Å²) in [5, 5.41) is 0.644. The van der Waals surface area contributed by atoms with Crippen LogP contribution in [0.1, 0.15) is 5.56 Å². The monoisotopic (exact) mass is 214 g/mol. The molecule has 1 aromatic heterocycles. The summed E-state index contributed by atoms with van der Waals surface area (Å²) in [5.74, 6) is 0. The molecule has 15 heavy (non-hydrogen) atoms. The standard InChI is InChI=1S/C10H9F3N2/c1-15-3-2-7-8(14)4-6(5-9(7)15)10(11,12)13/h2-5H,14H2,1H3. The first kappa shape index (κ1) is 9.89. The number of fused-ring (bicyclic) bond motifs is 1.